The van der Waals surface area contributed by atoms with E-state index < -0.39 is 0 Å². The summed E-state index contributed by atoms with van der Waals surface area (Å²) in [4.78, 5) is 27.4. The minimum atomic E-state index is -0.202. The number of carbonyl (C=O) groups is 1. The fraction of sp³-hybridized carbons (Fsp3) is 0.474. The molecule has 0 aliphatic carbocycles. The molecule has 0 spiro atoms. The molecule has 0 bridgehead atoms. The summed E-state index contributed by atoms with van der Waals surface area (Å²) in [7, 11) is 1.83. The molecular weight excluding hydrogens is 316 g/mol. The summed E-state index contributed by atoms with van der Waals surface area (Å²) < 4.78 is 3.35. The van der Waals surface area contributed by atoms with Crippen LogP contribution in [0, 0.1) is 12.8 Å². The van der Waals surface area contributed by atoms with E-state index in [4.69, 9.17) is 0 Å². The minimum absolute atomic E-state index is 0.125. The first-order valence-electron chi connectivity index (χ1n) is 8.83. The monoisotopic (exact) mass is 342 g/mol. The van der Waals surface area contributed by atoms with Crippen molar-refractivity contribution in [2.24, 2.45) is 13.0 Å². The van der Waals surface area contributed by atoms with E-state index in [1.54, 1.807) is 9.36 Å². The van der Waals surface area contributed by atoms with E-state index in [1.165, 1.54) is 6.42 Å². The van der Waals surface area contributed by atoms with Crippen molar-refractivity contribution < 1.29 is 4.79 Å². The van der Waals surface area contributed by atoms with Crippen molar-refractivity contribution in [3.63, 3.8) is 0 Å². The van der Waals surface area contributed by atoms with Gasteiger partial charge in [-0.3, -0.25) is 19.2 Å². The van der Waals surface area contributed by atoms with Crippen molar-refractivity contribution in [3.05, 3.63) is 46.4 Å². The summed E-state index contributed by atoms with van der Waals surface area (Å²) in [5, 5.41) is 2.84. The van der Waals surface area contributed by atoms with Gasteiger partial charge in [-0.2, -0.15) is 0 Å². The van der Waals surface area contributed by atoms with Gasteiger partial charge in [-0.15, -0.1) is 0 Å². The van der Waals surface area contributed by atoms with Crippen LogP contribution >= 0.6 is 0 Å². The number of para-hydroxylation sites is 1. The maximum absolute atomic E-state index is 12.8. The van der Waals surface area contributed by atoms with Crippen LogP contribution in [0.25, 0.3) is 5.69 Å². The zero-order chi connectivity index (χ0) is 18.0. The number of hydrogen-bond acceptors (Lipinski definition) is 3. The molecule has 1 N–H and O–H groups in total. The van der Waals surface area contributed by atoms with E-state index in [9.17, 15) is 9.59 Å². The van der Waals surface area contributed by atoms with Crippen LogP contribution in [0.1, 0.15) is 25.5 Å². The first-order chi connectivity index (χ1) is 12.0. The number of amides is 1. The maximum atomic E-state index is 12.8. The van der Waals surface area contributed by atoms with Crippen molar-refractivity contribution in [1.29, 1.82) is 0 Å². The summed E-state index contributed by atoms with van der Waals surface area (Å²) in [5.41, 5.74) is 1.69. The molecule has 1 aromatic heterocycles. The Hall–Kier alpha value is -2.34. The summed E-state index contributed by atoms with van der Waals surface area (Å²) in [5.74, 6) is 0.496. The quantitative estimate of drug-likeness (QED) is 0.926. The highest BCUT2D eigenvalue weighted by Crippen LogP contribution is 2.16. The Bertz CT molecular complexity index is 807. The first kappa shape index (κ1) is 17.5. The highest BCUT2D eigenvalue weighted by molar-refractivity contribution is 5.92. The number of likely N-dealkylation sites (tertiary alicyclic amines) is 1. The summed E-state index contributed by atoms with van der Waals surface area (Å²) in [6.07, 6.45) is 2.34. The third-order valence-corrected chi connectivity index (χ3v) is 4.93. The lowest BCUT2D eigenvalue weighted by Crippen LogP contribution is -2.40. The van der Waals surface area contributed by atoms with E-state index in [2.05, 4.69) is 17.1 Å². The van der Waals surface area contributed by atoms with Crippen molar-refractivity contribution in [2.45, 2.75) is 26.7 Å². The third-order valence-electron chi connectivity index (χ3n) is 4.93. The number of hydrogen-bond donors (Lipinski definition) is 1. The molecule has 1 saturated heterocycles. The highest BCUT2D eigenvalue weighted by atomic mass is 16.2. The molecule has 1 amide bonds. The number of rotatable bonds is 4. The molecule has 6 heteroatoms. The van der Waals surface area contributed by atoms with Crippen LogP contribution in [0.5, 0.6) is 0 Å². The molecule has 25 heavy (non-hydrogen) atoms. The standard InChI is InChI=1S/C19H26N4O2/c1-14-8-7-11-22(12-14)13-17(24)20-18-15(2)21(3)23(19(18)25)16-9-5-4-6-10-16/h4-6,9-10,14H,7-8,11-13H2,1-3H3,(H,20,24)/t14-/m0/s1. The number of nitrogens with one attached hydrogen (secondary N) is 1. The third kappa shape index (κ3) is 3.69. The first-order valence-corrected chi connectivity index (χ1v) is 8.83. The van der Waals surface area contributed by atoms with Gasteiger partial charge in [-0.05, 0) is 44.4 Å². The maximum Gasteiger partial charge on any atom is 0.295 e. The molecule has 134 valence electrons. The second-order valence-electron chi connectivity index (χ2n) is 6.97. The lowest BCUT2D eigenvalue weighted by Gasteiger charge is -2.30. The Balaban J connectivity index is 1.79. The van der Waals surface area contributed by atoms with Gasteiger partial charge in [0, 0.05) is 13.6 Å². The Kier molecular flexibility index (Phi) is 5.08. The fourth-order valence-corrected chi connectivity index (χ4v) is 3.52. The Morgan fingerprint density at radius 2 is 2.00 bits per heavy atom. The summed E-state index contributed by atoms with van der Waals surface area (Å²) in [6, 6.07) is 9.44. The fourth-order valence-electron chi connectivity index (χ4n) is 3.52. The molecule has 0 radical (unpaired) electrons. The molecule has 0 unspecified atom stereocenters. The van der Waals surface area contributed by atoms with E-state index in [-0.39, 0.29) is 11.5 Å². The minimum Gasteiger partial charge on any atom is -0.319 e. The van der Waals surface area contributed by atoms with Crippen LogP contribution < -0.4 is 10.9 Å². The number of benzene rings is 1. The molecule has 1 atom stereocenters. The zero-order valence-electron chi connectivity index (χ0n) is 15.2. The number of nitrogens with zero attached hydrogens (tertiary/aromatic N) is 3. The van der Waals surface area contributed by atoms with Gasteiger partial charge in [0.15, 0.2) is 0 Å². The number of carbonyl (C=O) groups excluding carboxylic acids is 1. The van der Waals surface area contributed by atoms with E-state index in [0.717, 1.165) is 30.9 Å². The zero-order valence-corrected chi connectivity index (χ0v) is 15.2. The van der Waals surface area contributed by atoms with Crippen molar-refractivity contribution in [1.82, 2.24) is 14.3 Å². The lowest BCUT2D eigenvalue weighted by molar-refractivity contribution is -0.117. The molecule has 2 aromatic rings. The van der Waals surface area contributed by atoms with Gasteiger partial charge >= 0.3 is 0 Å². The van der Waals surface area contributed by atoms with Crippen molar-refractivity contribution in [2.75, 3.05) is 25.0 Å². The van der Waals surface area contributed by atoms with Crippen LogP contribution in [0.3, 0.4) is 0 Å². The van der Waals surface area contributed by atoms with Gasteiger partial charge in [0.05, 0.1) is 17.9 Å². The largest absolute Gasteiger partial charge is 0.319 e. The number of anilines is 1. The smallest absolute Gasteiger partial charge is 0.295 e. The van der Waals surface area contributed by atoms with Crippen molar-refractivity contribution >= 4 is 11.6 Å². The SMILES string of the molecule is Cc1c(NC(=O)CN2CCC[C@H](C)C2)c(=O)n(-c2ccccc2)n1C. The van der Waals surface area contributed by atoms with Gasteiger partial charge in [-0.25, -0.2) is 4.68 Å². The van der Waals surface area contributed by atoms with Gasteiger partial charge in [0.1, 0.15) is 5.69 Å². The van der Waals surface area contributed by atoms with Crippen LogP contribution in [0.2, 0.25) is 0 Å². The molecule has 1 aliphatic rings. The van der Waals surface area contributed by atoms with E-state index in [1.807, 2.05) is 44.3 Å². The Morgan fingerprint density at radius 1 is 1.28 bits per heavy atom. The van der Waals surface area contributed by atoms with Gasteiger partial charge in [0.25, 0.3) is 5.56 Å². The molecule has 1 aromatic carbocycles. The Morgan fingerprint density at radius 3 is 2.68 bits per heavy atom. The van der Waals surface area contributed by atoms with Crippen LogP contribution in [0.4, 0.5) is 5.69 Å². The van der Waals surface area contributed by atoms with Gasteiger partial charge in [-0.1, -0.05) is 25.1 Å². The molecule has 2 heterocycles. The molecule has 1 fully saturated rings. The van der Waals surface area contributed by atoms with Gasteiger partial charge < -0.3 is 5.32 Å². The van der Waals surface area contributed by atoms with Crippen LogP contribution in [0.15, 0.2) is 35.1 Å². The number of piperidine rings is 1. The Labute approximate surface area is 148 Å². The molecule has 0 saturated carbocycles. The molecule has 1 aliphatic heterocycles. The predicted octanol–water partition coefficient (Wildman–Crippen LogP) is 2.15. The highest BCUT2D eigenvalue weighted by Gasteiger charge is 2.21. The van der Waals surface area contributed by atoms with Crippen molar-refractivity contribution in [3.8, 4) is 5.69 Å². The van der Waals surface area contributed by atoms with Gasteiger partial charge in [0.2, 0.25) is 5.91 Å². The van der Waals surface area contributed by atoms with E-state index >= 15 is 0 Å². The average molecular weight is 342 g/mol. The second kappa shape index (κ2) is 7.27. The van der Waals surface area contributed by atoms with Crippen LogP contribution in [-0.4, -0.2) is 39.8 Å². The topological polar surface area (TPSA) is 59.3 Å². The van der Waals surface area contributed by atoms with E-state index in [0.29, 0.717) is 18.2 Å². The second-order valence-corrected chi connectivity index (χ2v) is 6.97. The number of aromatic nitrogens is 2. The normalized spacial score (nSPS) is 18.3. The molecular formula is C19H26N4O2. The summed E-state index contributed by atoms with van der Waals surface area (Å²) >= 11 is 0. The predicted molar refractivity (Wildman–Crippen MR) is 99.2 cm³/mol. The summed E-state index contributed by atoms with van der Waals surface area (Å²) in [6.45, 7) is 6.28. The lowest BCUT2D eigenvalue weighted by atomic mass is 10.0. The molecule has 6 nitrogen and oxygen atoms in total. The molecule has 3 rings (SSSR count). The van der Waals surface area contributed by atoms with Crippen LogP contribution in [-0.2, 0) is 11.8 Å². The average Bonchev–Trinajstić information content (AvgIpc) is 2.79.